The molecular weight excluding hydrogens is 314 g/mol. The maximum absolute atomic E-state index is 13.1. The first-order valence-electron chi connectivity index (χ1n) is 7.66. The Morgan fingerprint density at radius 2 is 1.75 bits per heavy atom. The second-order valence-electron chi connectivity index (χ2n) is 5.70. The van der Waals surface area contributed by atoms with Gasteiger partial charge in [-0.3, -0.25) is 9.59 Å². The first-order valence-corrected chi connectivity index (χ1v) is 7.66. The molecule has 2 aromatic rings. The van der Waals surface area contributed by atoms with Crippen LogP contribution in [0, 0.1) is 11.6 Å². The van der Waals surface area contributed by atoms with Crippen LogP contribution >= 0.6 is 0 Å². The summed E-state index contributed by atoms with van der Waals surface area (Å²) in [6.45, 7) is 0.712. The zero-order valence-electron chi connectivity index (χ0n) is 12.9. The summed E-state index contributed by atoms with van der Waals surface area (Å²) in [5, 5.41) is 2.47. The third-order valence-electron chi connectivity index (χ3n) is 3.83. The molecule has 0 spiro atoms. The molecule has 1 N–H and O–H groups in total. The lowest BCUT2D eigenvalue weighted by Gasteiger charge is -2.15. The van der Waals surface area contributed by atoms with E-state index in [2.05, 4.69) is 5.32 Å². The molecule has 0 aromatic heterocycles. The lowest BCUT2D eigenvalue weighted by Crippen LogP contribution is -2.23. The van der Waals surface area contributed by atoms with Crippen LogP contribution in [0.2, 0.25) is 0 Å². The van der Waals surface area contributed by atoms with Gasteiger partial charge in [0.05, 0.1) is 6.42 Å². The molecule has 0 unspecified atom stereocenters. The van der Waals surface area contributed by atoms with E-state index >= 15 is 0 Å². The Morgan fingerprint density at radius 3 is 2.33 bits per heavy atom. The smallest absolute Gasteiger partial charge is 0.228 e. The Labute approximate surface area is 138 Å². The van der Waals surface area contributed by atoms with Crippen molar-refractivity contribution < 1.29 is 18.4 Å². The fourth-order valence-corrected chi connectivity index (χ4v) is 2.73. The Balaban J connectivity index is 1.63. The van der Waals surface area contributed by atoms with Crippen molar-refractivity contribution in [2.24, 2.45) is 0 Å². The predicted molar refractivity (Wildman–Crippen MR) is 86.7 cm³/mol. The van der Waals surface area contributed by atoms with Crippen molar-refractivity contribution in [2.45, 2.75) is 19.3 Å². The lowest BCUT2D eigenvalue weighted by molar-refractivity contribution is -0.117. The lowest BCUT2D eigenvalue weighted by atomic mass is 10.1. The van der Waals surface area contributed by atoms with Crippen molar-refractivity contribution >= 4 is 23.2 Å². The molecule has 1 heterocycles. The normalized spacial score (nSPS) is 14.1. The third kappa shape index (κ3) is 3.76. The van der Waals surface area contributed by atoms with Crippen LogP contribution in [0.5, 0.6) is 0 Å². The highest BCUT2D eigenvalue weighted by Crippen LogP contribution is 2.22. The number of benzene rings is 2. The van der Waals surface area contributed by atoms with Gasteiger partial charge in [-0.2, -0.15) is 0 Å². The molecule has 4 nitrogen and oxygen atoms in total. The summed E-state index contributed by atoms with van der Waals surface area (Å²) in [7, 11) is 0. The molecule has 0 saturated carbocycles. The molecule has 6 heteroatoms. The Morgan fingerprint density at radius 1 is 1.08 bits per heavy atom. The van der Waals surface area contributed by atoms with Gasteiger partial charge in [-0.1, -0.05) is 12.1 Å². The zero-order valence-corrected chi connectivity index (χ0v) is 12.9. The molecule has 3 rings (SSSR count). The number of nitrogens with zero attached hydrogens (tertiary/aromatic N) is 1. The third-order valence-corrected chi connectivity index (χ3v) is 3.83. The van der Waals surface area contributed by atoms with E-state index < -0.39 is 11.6 Å². The number of hydrogen-bond acceptors (Lipinski definition) is 2. The average Bonchev–Trinajstić information content (AvgIpc) is 2.93. The fraction of sp³-hybridized carbons (Fsp3) is 0.222. The van der Waals surface area contributed by atoms with E-state index in [1.165, 1.54) is 0 Å². The SMILES string of the molecule is O=C(Cc1ccc(N2CCCC2=O)cc1)Nc1cc(F)cc(F)c1. The summed E-state index contributed by atoms with van der Waals surface area (Å²) in [4.78, 5) is 25.4. The van der Waals surface area contributed by atoms with E-state index in [0.29, 0.717) is 13.0 Å². The number of amides is 2. The highest BCUT2D eigenvalue weighted by atomic mass is 19.1. The van der Waals surface area contributed by atoms with E-state index in [4.69, 9.17) is 0 Å². The monoisotopic (exact) mass is 330 g/mol. The van der Waals surface area contributed by atoms with Gasteiger partial charge in [-0.25, -0.2) is 8.78 Å². The Hall–Kier alpha value is -2.76. The second-order valence-corrected chi connectivity index (χ2v) is 5.70. The topological polar surface area (TPSA) is 49.4 Å². The molecule has 0 aliphatic carbocycles. The van der Waals surface area contributed by atoms with Gasteiger partial charge >= 0.3 is 0 Å². The van der Waals surface area contributed by atoms with Crippen molar-refractivity contribution in [1.29, 1.82) is 0 Å². The van der Waals surface area contributed by atoms with Crippen LogP contribution in [0.15, 0.2) is 42.5 Å². The molecule has 1 fully saturated rings. The number of carbonyl (C=O) groups is 2. The maximum atomic E-state index is 13.1. The number of hydrogen-bond donors (Lipinski definition) is 1. The van der Waals surface area contributed by atoms with Crippen LogP contribution in [0.1, 0.15) is 18.4 Å². The predicted octanol–water partition coefficient (Wildman–Crippen LogP) is 3.27. The highest BCUT2D eigenvalue weighted by Gasteiger charge is 2.21. The van der Waals surface area contributed by atoms with Gasteiger partial charge in [0.15, 0.2) is 0 Å². The van der Waals surface area contributed by atoms with Crippen molar-refractivity contribution in [1.82, 2.24) is 0 Å². The molecule has 124 valence electrons. The van der Waals surface area contributed by atoms with E-state index in [-0.39, 0.29) is 23.9 Å². The van der Waals surface area contributed by atoms with Crippen LogP contribution in [0.4, 0.5) is 20.2 Å². The van der Waals surface area contributed by atoms with E-state index in [1.807, 2.05) is 0 Å². The summed E-state index contributed by atoms with van der Waals surface area (Å²) in [5.41, 5.74) is 1.64. The van der Waals surface area contributed by atoms with Crippen LogP contribution in [0.25, 0.3) is 0 Å². The summed E-state index contributed by atoms with van der Waals surface area (Å²) >= 11 is 0. The van der Waals surface area contributed by atoms with Crippen molar-refractivity contribution in [2.75, 3.05) is 16.8 Å². The quantitative estimate of drug-likeness (QED) is 0.935. The first kappa shape index (κ1) is 16.1. The van der Waals surface area contributed by atoms with Crippen LogP contribution in [-0.2, 0) is 16.0 Å². The van der Waals surface area contributed by atoms with Gasteiger partial charge < -0.3 is 10.2 Å². The Kier molecular flexibility index (Phi) is 4.55. The molecule has 0 radical (unpaired) electrons. The van der Waals surface area contributed by atoms with Crippen LogP contribution in [0.3, 0.4) is 0 Å². The van der Waals surface area contributed by atoms with Gasteiger partial charge in [0.2, 0.25) is 11.8 Å². The number of rotatable bonds is 4. The minimum absolute atomic E-state index is 0.0758. The van der Waals surface area contributed by atoms with Gasteiger partial charge in [0, 0.05) is 30.4 Å². The van der Waals surface area contributed by atoms with E-state index in [0.717, 1.165) is 35.9 Å². The van der Waals surface area contributed by atoms with Crippen LogP contribution < -0.4 is 10.2 Å². The largest absolute Gasteiger partial charge is 0.326 e. The number of nitrogens with one attached hydrogen (secondary N) is 1. The fourth-order valence-electron chi connectivity index (χ4n) is 2.73. The molecule has 24 heavy (non-hydrogen) atoms. The maximum Gasteiger partial charge on any atom is 0.228 e. The van der Waals surface area contributed by atoms with E-state index in [9.17, 15) is 18.4 Å². The molecule has 0 atom stereocenters. The molecule has 1 aliphatic rings. The minimum atomic E-state index is -0.745. The average molecular weight is 330 g/mol. The van der Waals surface area contributed by atoms with Gasteiger partial charge in [0.25, 0.3) is 0 Å². The molecular formula is C18H16F2N2O2. The first-order chi connectivity index (χ1) is 11.5. The number of carbonyl (C=O) groups excluding carboxylic acids is 2. The number of halogens is 2. The molecule has 1 saturated heterocycles. The zero-order chi connectivity index (χ0) is 17.1. The van der Waals surface area contributed by atoms with Gasteiger partial charge in [0.1, 0.15) is 11.6 Å². The summed E-state index contributed by atoms with van der Waals surface area (Å²) in [6.07, 6.45) is 1.49. The molecule has 1 aliphatic heterocycles. The van der Waals surface area contributed by atoms with Crippen LogP contribution in [-0.4, -0.2) is 18.4 Å². The standard InChI is InChI=1S/C18H16F2N2O2/c19-13-9-14(20)11-15(10-13)21-17(23)8-12-3-5-16(6-4-12)22-7-1-2-18(22)24/h3-6,9-11H,1-2,7-8H2,(H,21,23). The summed E-state index contributed by atoms with van der Waals surface area (Å²) < 4.78 is 26.2. The Bertz CT molecular complexity index is 755. The van der Waals surface area contributed by atoms with Crippen molar-refractivity contribution in [3.63, 3.8) is 0 Å². The van der Waals surface area contributed by atoms with Gasteiger partial charge in [-0.05, 0) is 36.2 Å². The molecule has 2 amide bonds. The summed E-state index contributed by atoms with van der Waals surface area (Å²) in [5.74, 6) is -1.76. The minimum Gasteiger partial charge on any atom is -0.326 e. The van der Waals surface area contributed by atoms with Crippen molar-refractivity contribution in [3.05, 3.63) is 59.7 Å². The summed E-state index contributed by atoms with van der Waals surface area (Å²) in [6, 6.07) is 10.0. The second kappa shape index (κ2) is 6.78. The molecule has 0 bridgehead atoms. The highest BCUT2D eigenvalue weighted by molar-refractivity contribution is 5.95. The van der Waals surface area contributed by atoms with Crippen molar-refractivity contribution in [3.8, 4) is 0 Å². The van der Waals surface area contributed by atoms with Gasteiger partial charge in [-0.15, -0.1) is 0 Å². The number of anilines is 2. The van der Waals surface area contributed by atoms with E-state index in [1.54, 1.807) is 29.2 Å². The molecule has 2 aromatic carbocycles.